The summed E-state index contributed by atoms with van der Waals surface area (Å²) in [5, 5.41) is 4.02. The van der Waals surface area contributed by atoms with Gasteiger partial charge in [0.25, 0.3) is 5.56 Å². The zero-order chi connectivity index (χ0) is 13.4. The second-order valence-electron chi connectivity index (χ2n) is 3.82. The number of anilines is 1. The Morgan fingerprint density at radius 3 is 3.00 bits per heavy atom. The number of hydrogen-bond acceptors (Lipinski definition) is 7. The summed E-state index contributed by atoms with van der Waals surface area (Å²) in [6, 6.07) is 3.37. The van der Waals surface area contributed by atoms with Crippen LogP contribution in [0.2, 0.25) is 0 Å². The Bertz CT molecular complexity index is 810. The van der Waals surface area contributed by atoms with Crippen molar-refractivity contribution in [2.24, 2.45) is 0 Å². The Morgan fingerprint density at radius 2 is 2.21 bits per heavy atom. The first-order chi connectivity index (χ1) is 9.11. The summed E-state index contributed by atoms with van der Waals surface area (Å²) < 4.78 is 0. The highest BCUT2D eigenvalue weighted by Crippen LogP contribution is 2.31. The van der Waals surface area contributed by atoms with E-state index in [1.165, 1.54) is 29.2 Å². The summed E-state index contributed by atoms with van der Waals surface area (Å²) in [5.74, 6) is 0.215. The third kappa shape index (κ3) is 2.45. The van der Waals surface area contributed by atoms with Crippen LogP contribution in [0.25, 0.3) is 10.2 Å². The minimum atomic E-state index is -0.182. The largest absolute Gasteiger partial charge is 0.368 e. The molecule has 0 bridgehead atoms. The Morgan fingerprint density at radius 1 is 1.37 bits per heavy atom. The summed E-state index contributed by atoms with van der Waals surface area (Å²) >= 11 is 2.77. The van der Waals surface area contributed by atoms with E-state index in [-0.39, 0.29) is 11.5 Å². The van der Waals surface area contributed by atoms with E-state index in [2.05, 4.69) is 19.9 Å². The van der Waals surface area contributed by atoms with Crippen molar-refractivity contribution in [3.05, 3.63) is 33.6 Å². The van der Waals surface area contributed by atoms with Crippen LogP contribution in [-0.2, 0) is 0 Å². The number of hydrogen-bond donors (Lipinski definition) is 2. The summed E-state index contributed by atoms with van der Waals surface area (Å²) in [5.41, 5.74) is 6.16. The number of thiophene rings is 1. The summed E-state index contributed by atoms with van der Waals surface area (Å²) in [6.45, 7) is 1.77. The molecule has 3 N–H and O–H groups in total. The fraction of sp³-hybridized carbons (Fsp3) is 0.0909. The third-order valence-corrected chi connectivity index (χ3v) is 4.05. The maximum atomic E-state index is 11.4. The summed E-state index contributed by atoms with van der Waals surface area (Å²) in [6.07, 6.45) is 0. The van der Waals surface area contributed by atoms with Crippen LogP contribution in [-0.4, -0.2) is 19.9 Å². The van der Waals surface area contributed by atoms with Crippen molar-refractivity contribution in [1.82, 2.24) is 19.9 Å². The van der Waals surface area contributed by atoms with Crippen molar-refractivity contribution < 1.29 is 0 Å². The molecule has 19 heavy (non-hydrogen) atoms. The highest BCUT2D eigenvalue weighted by Gasteiger charge is 2.10. The van der Waals surface area contributed by atoms with E-state index >= 15 is 0 Å². The van der Waals surface area contributed by atoms with Gasteiger partial charge in [-0.15, -0.1) is 11.3 Å². The molecular formula is C11H9N5OS2. The second-order valence-corrected chi connectivity index (χ2v) is 5.69. The Kier molecular flexibility index (Phi) is 2.96. The molecule has 0 unspecified atom stereocenters. The number of aryl methyl sites for hydroxylation is 1. The molecule has 0 fully saturated rings. The van der Waals surface area contributed by atoms with E-state index in [4.69, 9.17) is 5.73 Å². The van der Waals surface area contributed by atoms with Crippen molar-refractivity contribution in [3.8, 4) is 0 Å². The molecule has 0 aliphatic carbocycles. The Balaban J connectivity index is 2.09. The number of aromatic amines is 1. The number of nitrogens with one attached hydrogen (secondary N) is 1. The molecule has 0 radical (unpaired) electrons. The molecule has 0 aliphatic heterocycles. The van der Waals surface area contributed by atoms with Crippen LogP contribution < -0.4 is 11.3 Å². The van der Waals surface area contributed by atoms with Gasteiger partial charge in [-0.2, -0.15) is 0 Å². The van der Waals surface area contributed by atoms with Gasteiger partial charge in [-0.3, -0.25) is 4.79 Å². The van der Waals surface area contributed by atoms with Gasteiger partial charge in [-0.25, -0.2) is 15.0 Å². The van der Waals surface area contributed by atoms with Gasteiger partial charge in [0.1, 0.15) is 9.86 Å². The summed E-state index contributed by atoms with van der Waals surface area (Å²) in [4.78, 5) is 27.5. The molecule has 0 aliphatic rings. The molecule has 8 heteroatoms. The molecule has 6 nitrogen and oxygen atoms in total. The molecular weight excluding hydrogens is 282 g/mol. The normalized spacial score (nSPS) is 11.0. The van der Waals surface area contributed by atoms with Crippen LogP contribution in [0.5, 0.6) is 0 Å². The van der Waals surface area contributed by atoms with Gasteiger partial charge in [0, 0.05) is 17.1 Å². The van der Waals surface area contributed by atoms with Crippen molar-refractivity contribution >= 4 is 39.3 Å². The number of nitrogens with two attached hydrogens (primary N) is 1. The van der Waals surface area contributed by atoms with Crippen molar-refractivity contribution in [1.29, 1.82) is 0 Å². The van der Waals surface area contributed by atoms with Gasteiger partial charge in [0.15, 0.2) is 5.16 Å². The maximum absolute atomic E-state index is 11.4. The number of H-pyrrole nitrogens is 1. The van der Waals surface area contributed by atoms with Crippen molar-refractivity contribution in [2.45, 2.75) is 17.1 Å². The quantitative estimate of drug-likeness (QED) is 0.552. The lowest BCUT2D eigenvalue weighted by Gasteiger charge is -2.03. The minimum Gasteiger partial charge on any atom is -0.368 e. The molecule has 3 aromatic heterocycles. The maximum Gasteiger partial charge on any atom is 0.251 e. The molecule has 0 amide bonds. The zero-order valence-corrected chi connectivity index (χ0v) is 11.5. The van der Waals surface area contributed by atoms with E-state index < -0.39 is 0 Å². The predicted molar refractivity (Wildman–Crippen MR) is 75.5 cm³/mol. The average Bonchev–Trinajstić information content (AvgIpc) is 2.75. The molecule has 96 valence electrons. The number of nitrogens with zero attached hydrogens (tertiary/aromatic N) is 3. The first kappa shape index (κ1) is 12.1. The lowest BCUT2D eigenvalue weighted by atomic mass is 10.4. The van der Waals surface area contributed by atoms with E-state index in [1.807, 2.05) is 11.4 Å². The Hall–Kier alpha value is -1.93. The van der Waals surface area contributed by atoms with E-state index in [9.17, 15) is 4.79 Å². The number of fused-ring (bicyclic) bond motifs is 1. The van der Waals surface area contributed by atoms with Crippen LogP contribution in [0, 0.1) is 6.92 Å². The number of nitrogen functional groups attached to an aromatic ring is 1. The van der Waals surface area contributed by atoms with Gasteiger partial charge < -0.3 is 10.7 Å². The van der Waals surface area contributed by atoms with Gasteiger partial charge in [-0.05, 0) is 30.1 Å². The standard InChI is InChI=1S/C11H9N5OS2/c1-5-4-7(17)14-11(13-5)19-9-6-2-3-18-8(6)15-10(12)16-9/h2-4H,1H3,(H2,12,15,16)(H,13,14,17). The van der Waals surface area contributed by atoms with Gasteiger partial charge in [0.2, 0.25) is 5.95 Å². The second kappa shape index (κ2) is 4.63. The monoisotopic (exact) mass is 291 g/mol. The molecule has 0 spiro atoms. The average molecular weight is 291 g/mol. The zero-order valence-electron chi connectivity index (χ0n) is 9.88. The number of aromatic nitrogens is 4. The molecule has 3 heterocycles. The van der Waals surface area contributed by atoms with Crippen LogP contribution in [0.4, 0.5) is 5.95 Å². The van der Waals surface area contributed by atoms with E-state index in [0.717, 1.165) is 10.2 Å². The fourth-order valence-electron chi connectivity index (χ4n) is 1.61. The fourth-order valence-corrected chi connectivity index (χ4v) is 3.39. The number of rotatable bonds is 2. The smallest absolute Gasteiger partial charge is 0.251 e. The third-order valence-electron chi connectivity index (χ3n) is 2.35. The van der Waals surface area contributed by atoms with Crippen LogP contribution >= 0.6 is 23.1 Å². The Labute approximate surface area is 116 Å². The molecule has 0 saturated carbocycles. The minimum absolute atomic E-state index is 0.182. The molecule has 3 aromatic rings. The lowest BCUT2D eigenvalue weighted by Crippen LogP contribution is -2.08. The van der Waals surface area contributed by atoms with Gasteiger partial charge >= 0.3 is 0 Å². The van der Waals surface area contributed by atoms with Gasteiger partial charge in [0.05, 0.1) is 0 Å². The highest BCUT2D eigenvalue weighted by molar-refractivity contribution is 7.99. The molecule has 0 saturated heterocycles. The molecule has 3 rings (SSSR count). The topological polar surface area (TPSA) is 97.5 Å². The first-order valence-electron chi connectivity index (χ1n) is 5.38. The first-order valence-corrected chi connectivity index (χ1v) is 7.08. The summed E-state index contributed by atoms with van der Waals surface area (Å²) in [7, 11) is 0. The molecule has 0 atom stereocenters. The SMILES string of the molecule is Cc1cc(=O)[nH]c(Sc2nc(N)nc3sccc23)n1. The van der Waals surface area contributed by atoms with Crippen LogP contribution in [0.1, 0.15) is 5.69 Å². The highest BCUT2D eigenvalue weighted by atomic mass is 32.2. The van der Waals surface area contributed by atoms with Crippen molar-refractivity contribution in [3.63, 3.8) is 0 Å². The van der Waals surface area contributed by atoms with Gasteiger partial charge in [-0.1, -0.05) is 0 Å². The van der Waals surface area contributed by atoms with E-state index in [0.29, 0.717) is 15.9 Å². The van der Waals surface area contributed by atoms with Crippen LogP contribution in [0.3, 0.4) is 0 Å². The lowest BCUT2D eigenvalue weighted by molar-refractivity contribution is 0.903. The van der Waals surface area contributed by atoms with E-state index in [1.54, 1.807) is 6.92 Å². The van der Waals surface area contributed by atoms with Crippen molar-refractivity contribution in [2.75, 3.05) is 5.73 Å². The predicted octanol–water partition coefficient (Wildman–Crippen LogP) is 1.82. The molecule has 0 aromatic carbocycles. The van der Waals surface area contributed by atoms with Crippen LogP contribution in [0.15, 0.2) is 32.5 Å².